The third-order valence-electron chi connectivity index (χ3n) is 3.98. The van der Waals surface area contributed by atoms with Crippen molar-refractivity contribution in [3.8, 4) is 0 Å². The van der Waals surface area contributed by atoms with Gasteiger partial charge >= 0.3 is 0 Å². The van der Waals surface area contributed by atoms with Crippen molar-refractivity contribution >= 4 is 0 Å². The minimum absolute atomic E-state index is 0.0946. The highest BCUT2D eigenvalue weighted by atomic mass is 19.3. The second-order valence-corrected chi connectivity index (χ2v) is 6.61. The topological polar surface area (TPSA) is 12.5 Å². The Morgan fingerprint density at radius 2 is 1.81 bits per heavy atom. The van der Waals surface area contributed by atoms with Crippen LogP contribution in [0.4, 0.5) is 13.2 Å². The Balaban J connectivity index is 2.45. The van der Waals surface area contributed by atoms with Crippen molar-refractivity contribution in [3.63, 3.8) is 0 Å². The maximum Gasteiger partial charge on any atom is 0.293 e. The van der Waals surface area contributed by atoms with Gasteiger partial charge < -0.3 is 4.74 Å². The zero-order valence-corrected chi connectivity index (χ0v) is 12.9. The molecule has 1 saturated heterocycles. The highest BCUT2D eigenvalue weighted by molar-refractivity contribution is 5.34. The van der Waals surface area contributed by atoms with Crippen LogP contribution in [0.5, 0.6) is 0 Å². The Morgan fingerprint density at radius 1 is 1.19 bits per heavy atom. The van der Waals surface area contributed by atoms with Gasteiger partial charge in [-0.2, -0.15) is 8.78 Å². The van der Waals surface area contributed by atoms with Crippen LogP contribution in [0.25, 0.3) is 0 Å². The molecule has 0 aromatic heterocycles. The molecule has 2 rings (SSSR count). The molecule has 1 unspecified atom stereocenters. The molecular weight excluding hydrogens is 279 g/mol. The smallest absolute Gasteiger partial charge is 0.293 e. The molecule has 2 nitrogen and oxygen atoms in total. The molecule has 1 fully saturated rings. The first kappa shape index (κ1) is 16.3. The van der Waals surface area contributed by atoms with Gasteiger partial charge in [-0.15, -0.1) is 0 Å². The van der Waals surface area contributed by atoms with Gasteiger partial charge in [-0.25, -0.2) is 4.39 Å². The van der Waals surface area contributed by atoms with Crippen LogP contribution in [-0.4, -0.2) is 37.7 Å². The van der Waals surface area contributed by atoms with E-state index in [0.29, 0.717) is 18.7 Å². The molecule has 0 spiro atoms. The first-order valence-electron chi connectivity index (χ1n) is 7.11. The second kappa shape index (κ2) is 5.61. The predicted octanol–water partition coefficient (Wildman–Crippen LogP) is 3.55. The molecule has 0 bridgehead atoms. The molecule has 0 N–H and O–H groups in total. The zero-order chi connectivity index (χ0) is 15.8. The normalized spacial score (nSPS) is 21.6. The van der Waals surface area contributed by atoms with Crippen LogP contribution < -0.4 is 0 Å². The fourth-order valence-corrected chi connectivity index (χ4v) is 2.62. The SMILES string of the molecule is CN1CCOCC1C(F)(F)c1cccc(C(C)(C)C)c1F. The maximum atomic E-state index is 14.8. The van der Waals surface area contributed by atoms with Crippen LogP contribution in [0.1, 0.15) is 31.9 Å². The number of morpholine rings is 1. The summed E-state index contributed by atoms with van der Waals surface area (Å²) < 4.78 is 49.3. The average Bonchev–Trinajstić information content (AvgIpc) is 2.37. The molecule has 1 aromatic rings. The summed E-state index contributed by atoms with van der Waals surface area (Å²) >= 11 is 0. The van der Waals surface area contributed by atoms with Crippen molar-refractivity contribution in [1.82, 2.24) is 4.90 Å². The van der Waals surface area contributed by atoms with E-state index in [1.807, 2.05) is 20.8 Å². The van der Waals surface area contributed by atoms with E-state index < -0.39 is 28.8 Å². The fraction of sp³-hybridized carbons (Fsp3) is 0.625. The maximum absolute atomic E-state index is 14.8. The van der Waals surface area contributed by atoms with Crippen molar-refractivity contribution in [2.24, 2.45) is 0 Å². The molecule has 0 amide bonds. The van der Waals surface area contributed by atoms with E-state index in [9.17, 15) is 13.2 Å². The lowest BCUT2D eigenvalue weighted by Crippen LogP contribution is -2.52. The van der Waals surface area contributed by atoms with E-state index >= 15 is 0 Å². The number of rotatable bonds is 2. The molecule has 5 heteroatoms. The van der Waals surface area contributed by atoms with Crippen LogP contribution in [-0.2, 0) is 16.1 Å². The van der Waals surface area contributed by atoms with Crippen molar-refractivity contribution in [1.29, 1.82) is 0 Å². The number of likely N-dealkylation sites (N-methyl/N-ethyl adjacent to an activating group) is 1. The van der Waals surface area contributed by atoms with E-state index in [1.54, 1.807) is 13.1 Å². The van der Waals surface area contributed by atoms with Crippen LogP contribution in [0.15, 0.2) is 18.2 Å². The number of benzene rings is 1. The Morgan fingerprint density at radius 3 is 2.38 bits per heavy atom. The number of nitrogens with zero attached hydrogens (tertiary/aromatic N) is 1. The number of ether oxygens (including phenoxy) is 1. The fourth-order valence-electron chi connectivity index (χ4n) is 2.62. The van der Waals surface area contributed by atoms with Crippen LogP contribution in [0.3, 0.4) is 0 Å². The van der Waals surface area contributed by atoms with Gasteiger partial charge in [0.2, 0.25) is 0 Å². The highest BCUT2D eigenvalue weighted by Gasteiger charge is 2.47. The molecule has 118 valence electrons. The largest absolute Gasteiger partial charge is 0.378 e. The molecule has 0 aliphatic carbocycles. The molecule has 0 radical (unpaired) electrons. The van der Waals surface area contributed by atoms with Gasteiger partial charge in [0, 0.05) is 6.54 Å². The Hall–Kier alpha value is -1.07. The Bertz CT molecular complexity index is 511. The van der Waals surface area contributed by atoms with Crippen molar-refractivity contribution in [2.75, 3.05) is 26.8 Å². The van der Waals surface area contributed by atoms with E-state index in [2.05, 4.69) is 0 Å². The highest BCUT2D eigenvalue weighted by Crippen LogP contribution is 2.39. The Labute approximate surface area is 123 Å². The van der Waals surface area contributed by atoms with Gasteiger partial charge in [0.05, 0.1) is 18.8 Å². The molecule has 1 aliphatic rings. The molecular formula is C16H22F3NO. The van der Waals surface area contributed by atoms with E-state index in [1.165, 1.54) is 17.0 Å². The molecule has 1 atom stereocenters. The average molecular weight is 301 g/mol. The zero-order valence-electron chi connectivity index (χ0n) is 12.9. The molecule has 1 aliphatic heterocycles. The van der Waals surface area contributed by atoms with Gasteiger partial charge in [0.15, 0.2) is 0 Å². The van der Waals surface area contributed by atoms with Crippen molar-refractivity contribution in [2.45, 2.75) is 38.2 Å². The number of halogens is 3. The molecule has 21 heavy (non-hydrogen) atoms. The summed E-state index contributed by atoms with van der Waals surface area (Å²) in [6.07, 6.45) is 0. The lowest BCUT2D eigenvalue weighted by atomic mass is 9.84. The van der Waals surface area contributed by atoms with E-state index in [-0.39, 0.29) is 6.61 Å². The minimum atomic E-state index is -3.29. The summed E-state index contributed by atoms with van der Waals surface area (Å²) in [6, 6.07) is 3.09. The molecule has 1 heterocycles. The number of hydrogen-bond donors (Lipinski definition) is 0. The van der Waals surface area contributed by atoms with Crippen LogP contribution in [0.2, 0.25) is 0 Å². The summed E-state index contributed by atoms with van der Waals surface area (Å²) in [5.41, 5.74) is -0.762. The van der Waals surface area contributed by atoms with Crippen molar-refractivity contribution < 1.29 is 17.9 Å². The third-order valence-corrected chi connectivity index (χ3v) is 3.98. The Kier molecular flexibility index (Phi) is 4.36. The standard InChI is InChI=1S/C16H22F3NO/c1-15(2,3)11-6-5-7-12(14(11)17)16(18,19)13-10-21-9-8-20(13)4/h5-7,13H,8-10H2,1-4H3. The van der Waals surface area contributed by atoms with Gasteiger partial charge in [-0.1, -0.05) is 32.9 Å². The minimum Gasteiger partial charge on any atom is -0.378 e. The van der Waals surface area contributed by atoms with Crippen molar-refractivity contribution in [3.05, 3.63) is 35.1 Å². The van der Waals surface area contributed by atoms with Gasteiger partial charge in [0.25, 0.3) is 5.92 Å². The summed E-state index contributed by atoms with van der Waals surface area (Å²) in [6.45, 7) is 6.17. The first-order chi connectivity index (χ1) is 9.65. The summed E-state index contributed by atoms with van der Waals surface area (Å²) in [7, 11) is 1.62. The third kappa shape index (κ3) is 3.09. The van der Waals surface area contributed by atoms with E-state index in [0.717, 1.165) is 0 Å². The van der Waals surface area contributed by atoms with Gasteiger partial charge in [-0.3, -0.25) is 4.90 Å². The molecule has 1 aromatic carbocycles. The van der Waals surface area contributed by atoms with Crippen LogP contribution >= 0.6 is 0 Å². The molecule has 0 saturated carbocycles. The van der Waals surface area contributed by atoms with Gasteiger partial charge in [0.1, 0.15) is 11.9 Å². The number of alkyl halides is 2. The first-order valence-corrected chi connectivity index (χ1v) is 7.11. The lowest BCUT2D eigenvalue weighted by Gasteiger charge is -2.38. The summed E-state index contributed by atoms with van der Waals surface area (Å²) in [4.78, 5) is 1.53. The summed E-state index contributed by atoms with van der Waals surface area (Å²) in [5, 5.41) is 0. The lowest BCUT2D eigenvalue weighted by molar-refractivity contribution is -0.135. The second-order valence-electron chi connectivity index (χ2n) is 6.61. The number of hydrogen-bond acceptors (Lipinski definition) is 2. The quantitative estimate of drug-likeness (QED) is 0.828. The summed E-state index contributed by atoms with van der Waals surface area (Å²) in [5.74, 6) is -4.10. The van der Waals surface area contributed by atoms with Crippen LogP contribution in [0, 0.1) is 5.82 Å². The monoisotopic (exact) mass is 301 g/mol. The van der Waals surface area contributed by atoms with Gasteiger partial charge in [-0.05, 0) is 24.1 Å². The predicted molar refractivity (Wildman–Crippen MR) is 76.2 cm³/mol. The van der Waals surface area contributed by atoms with E-state index in [4.69, 9.17) is 4.74 Å².